The predicted octanol–water partition coefficient (Wildman–Crippen LogP) is 4.66. The van der Waals surface area contributed by atoms with E-state index in [4.69, 9.17) is 14.5 Å². The molecule has 11 nitrogen and oxygen atoms in total. The van der Waals surface area contributed by atoms with Gasteiger partial charge in [0.1, 0.15) is 11.4 Å². The monoisotopic (exact) mass is 589 g/mol. The van der Waals surface area contributed by atoms with Crippen molar-refractivity contribution in [2.75, 3.05) is 73.6 Å². The zero-order chi connectivity index (χ0) is 30.6. The second kappa shape index (κ2) is 15.7. The summed E-state index contributed by atoms with van der Waals surface area (Å²) in [5, 5.41) is 5.96. The maximum atomic E-state index is 11.6. The summed E-state index contributed by atoms with van der Waals surface area (Å²) in [5.41, 5.74) is 4.55. The zero-order valence-corrected chi connectivity index (χ0v) is 25.6. The van der Waals surface area contributed by atoms with Gasteiger partial charge in [-0.15, -0.1) is 0 Å². The van der Waals surface area contributed by atoms with Crippen molar-refractivity contribution in [2.45, 2.75) is 33.1 Å². The Morgan fingerprint density at radius 1 is 1.07 bits per heavy atom. The van der Waals surface area contributed by atoms with Gasteiger partial charge in [0.25, 0.3) is 0 Å². The third-order valence-corrected chi connectivity index (χ3v) is 7.72. The highest BCUT2D eigenvalue weighted by Crippen LogP contribution is 2.36. The first-order valence-corrected chi connectivity index (χ1v) is 14.8. The van der Waals surface area contributed by atoms with Crippen molar-refractivity contribution in [1.82, 2.24) is 15.3 Å². The molecule has 0 atom stereocenters. The van der Waals surface area contributed by atoms with Crippen LogP contribution < -0.4 is 30.1 Å². The van der Waals surface area contributed by atoms with E-state index in [2.05, 4.69) is 32.7 Å². The van der Waals surface area contributed by atoms with Crippen molar-refractivity contribution in [3.63, 3.8) is 0 Å². The van der Waals surface area contributed by atoms with Crippen molar-refractivity contribution >= 4 is 47.3 Å². The molecule has 0 bridgehead atoms. The first kappa shape index (κ1) is 31.6. The fourth-order valence-electron chi connectivity index (χ4n) is 5.26. The minimum atomic E-state index is 0.400. The Hall–Kier alpha value is -4.38. The lowest BCUT2D eigenvalue weighted by atomic mass is 9.93. The topological polar surface area (TPSA) is 112 Å². The number of aromatic nitrogens is 2. The maximum Gasteiger partial charge on any atom is 0.229 e. The Balaban J connectivity index is 1.46. The first-order chi connectivity index (χ1) is 20.9. The summed E-state index contributed by atoms with van der Waals surface area (Å²) in [6, 6.07) is 14.2. The van der Waals surface area contributed by atoms with E-state index in [-0.39, 0.29) is 0 Å². The average Bonchev–Trinajstić information content (AvgIpc) is 3.03. The van der Waals surface area contributed by atoms with Crippen LogP contribution in [0, 0.1) is 12.8 Å². The Kier molecular flexibility index (Phi) is 11.5. The smallest absolute Gasteiger partial charge is 0.229 e. The van der Waals surface area contributed by atoms with Crippen LogP contribution in [0.2, 0.25) is 0 Å². The fraction of sp³-hybridized carbons (Fsp3) is 0.438. The van der Waals surface area contributed by atoms with Gasteiger partial charge in [-0.1, -0.05) is 18.2 Å². The first-order valence-electron chi connectivity index (χ1n) is 14.8. The molecule has 1 saturated heterocycles. The molecule has 1 fully saturated rings. The number of carbonyl (C=O) groups is 2. The number of piperidine rings is 1. The van der Waals surface area contributed by atoms with Gasteiger partial charge in [-0.25, -0.2) is 4.98 Å². The van der Waals surface area contributed by atoms with Crippen LogP contribution in [0.3, 0.4) is 0 Å². The molecule has 2 heterocycles. The number of nitrogens with one attached hydrogen (secondary N) is 2. The zero-order valence-electron chi connectivity index (χ0n) is 25.6. The van der Waals surface area contributed by atoms with E-state index in [1.165, 1.54) is 4.90 Å². The predicted molar refractivity (Wildman–Crippen MR) is 171 cm³/mol. The largest absolute Gasteiger partial charge is 0.492 e. The summed E-state index contributed by atoms with van der Waals surface area (Å²) >= 11 is 0. The van der Waals surface area contributed by atoms with Gasteiger partial charge in [0.05, 0.1) is 25.1 Å². The SMILES string of the molecule is CCOc1cc(N2CCC(CCOCCNC=O)CC2)ccc1Nc1ncc(N(C)C=O)c(N(C)c2ccccc2C)n1. The highest BCUT2D eigenvalue weighted by atomic mass is 16.5. The molecular weight excluding hydrogens is 546 g/mol. The van der Waals surface area contributed by atoms with Crippen molar-refractivity contribution in [3.05, 3.63) is 54.2 Å². The van der Waals surface area contributed by atoms with Crippen molar-refractivity contribution in [3.8, 4) is 5.75 Å². The number of para-hydroxylation sites is 1. The van der Waals surface area contributed by atoms with Gasteiger partial charge in [0, 0.05) is 57.8 Å². The molecule has 2 N–H and O–H groups in total. The Morgan fingerprint density at radius 3 is 2.58 bits per heavy atom. The van der Waals surface area contributed by atoms with E-state index in [9.17, 15) is 9.59 Å². The molecule has 0 unspecified atom stereocenters. The quantitative estimate of drug-likeness (QED) is 0.182. The van der Waals surface area contributed by atoms with Crippen LogP contribution in [0.15, 0.2) is 48.7 Å². The number of hydrogen-bond acceptors (Lipinski definition) is 9. The van der Waals surface area contributed by atoms with E-state index >= 15 is 0 Å². The standard InChI is InChI=1S/C32H43N7O4/c1-5-43-30-20-26(39-16-12-25(13-17-39)14-18-42-19-15-33-22-40)10-11-27(30)35-32-34-21-29(37(3)23-41)31(36-32)38(4)28-9-7-6-8-24(28)2/h6-11,20-23,25H,5,12-19H2,1-4H3,(H,33,40)(H,34,35,36). The van der Waals surface area contributed by atoms with Gasteiger partial charge in [-0.2, -0.15) is 4.98 Å². The number of ether oxygens (including phenoxy) is 2. The number of anilines is 6. The van der Waals surface area contributed by atoms with Crippen LogP contribution in [0.5, 0.6) is 5.75 Å². The molecule has 2 amide bonds. The summed E-state index contributed by atoms with van der Waals surface area (Å²) in [4.78, 5) is 37.1. The molecule has 0 saturated carbocycles. The van der Waals surface area contributed by atoms with E-state index < -0.39 is 0 Å². The fourth-order valence-corrected chi connectivity index (χ4v) is 5.26. The normalized spacial score (nSPS) is 13.3. The molecule has 230 valence electrons. The van der Waals surface area contributed by atoms with E-state index in [1.54, 1.807) is 13.2 Å². The average molecular weight is 590 g/mol. The van der Waals surface area contributed by atoms with Crippen molar-refractivity contribution in [2.24, 2.45) is 5.92 Å². The molecule has 1 aliphatic rings. The van der Waals surface area contributed by atoms with Crippen LogP contribution in [0.1, 0.15) is 31.7 Å². The van der Waals surface area contributed by atoms with E-state index in [1.807, 2.05) is 56.1 Å². The van der Waals surface area contributed by atoms with Crippen LogP contribution in [-0.4, -0.2) is 76.3 Å². The molecular formula is C32H43N7O4. The number of aryl methyl sites for hydroxylation is 1. The number of nitrogens with zero attached hydrogens (tertiary/aromatic N) is 5. The molecule has 0 radical (unpaired) electrons. The number of amides is 2. The van der Waals surface area contributed by atoms with E-state index in [0.717, 1.165) is 73.7 Å². The Bertz CT molecular complexity index is 1350. The van der Waals surface area contributed by atoms with E-state index in [0.29, 0.717) is 49.5 Å². The number of rotatable bonds is 16. The van der Waals surface area contributed by atoms with Gasteiger partial charge in [-0.05, 0) is 62.8 Å². The molecule has 1 aromatic heterocycles. The third-order valence-electron chi connectivity index (χ3n) is 7.72. The molecule has 4 rings (SSSR count). The minimum Gasteiger partial charge on any atom is -0.492 e. The summed E-state index contributed by atoms with van der Waals surface area (Å²) in [6.07, 6.45) is 6.34. The molecule has 0 aliphatic carbocycles. The third kappa shape index (κ3) is 8.35. The highest BCUT2D eigenvalue weighted by Gasteiger charge is 2.21. The number of carbonyl (C=O) groups excluding carboxylic acids is 2. The van der Waals surface area contributed by atoms with Crippen molar-refractivity contribution < 1.29 is 19.1 Å². The molecule has 43 heavy (non-hydrogen) atoms. The summed E-state index contributed by atoms with van der Waals surface area (Å²) < 4.78 is 11.7. The molecule has 1 aliphatic heterocycles. The van der Waals surface area contributed by atoms with Crippen LogP contribution >= 0.6 is 0 Å². The second-order valence-electron chi connectivity index (χ2n) is 10.6. The lowest BCUT2D eigenvalue weighted by Gasteiger charge is -2.34. The summed E-state index contributed by atoms with van der Waals surface area (Å²) in [6.45, 7) is 8.29. The Morgan fingerprint density at radius 2 is 1.86 bits per heavy atom. The van der Waals surface area contributed by atoms with Crippen LogP contribution in [-0.2, 0) is 14.3 Å². The van der Waals surface area contributed by atoms with Crippen molar-refractivity contribution in [1.29, 1.82) is 0 Å². The van der Waals surface area contributed by atoms with Gasteiger partial charge >= 0.3 is 0 Å². The minimum absolute atomic E-state index is 0.400. The van der Waals surface area contributed by atoms with Crippen LogP contribution in [0.25, 0.3) is 0 Å². The van der Waals surface area contributed by atoms with Gasteiger partial charge < -0.3 is 34.8 Å². The lowest BCUT2D eigenvalue weighted by molar-refractivity contribution is -0.110. The van der Waals surface area contributed by atoms with Gasteiger partial charge in [-0.3, -0.25) is 9.59 Å². The molecule has 2 aromatic carbocycles. The number of hydrogen-bond donors (Lipinski definition) is 2. The Labute approximate surface area is 254 Å². The highest BCUT2D eigenvalue weighted by molar-refractivity contribution is 5.84. The van der Waals surface area contributed by atoms with Gasteiger partial charge in [0.15, 0.2) is 5.82 Å². The molecule has 0 spiro atoms. The van der Waals surface area contributed by atoms with Gasteiger partial charge in [0.2, 0.25) is 18.8 Å². The second-order valence-corrected chi connectivity index (χ2v) is 10.6. The maximum absolute atomic E-state index is 11.6. The summed E-state index contributed by atoms with van der Waals surface area (Å²) in [5.74, 6) is 2.36. The summed E-state index contributed by atoms with van der Waals surface area (Å²) in [7, 11) is 3.62. The van der Waals surface area contributed by atoms with Crippen LogP contribution in [0.4, 0.5) is 34.5 Å². The number of benzene rings is 2. The molecule has 3 aromatic rings. The lowest BCUT2D eigenvalue weighted by Crippen LogP contribution is -2.34. The molecule has 11 heteroatoms.